The van der Waals surface area contributed by atoms with Gasteiger partial charge in [0.25, 0.3) is 12.3 Å². The van der Waals surface area contributed by atoms with E-state index in [9.17, 15) is 13.6 Å². The molecular formula is C21H24F3N5O2S. The summed E-state index contributed by atoms with van der Waals surface area (Å²) >= 11 is 1.14. The van der Waals surface area contributed by atoms with E-state index in [1.54, 1.807) is 26.0 Å². The zero-order valence-corrected chi connectivity index (χ0v) is 18.5. The maximum absolute atomic E-state index is 16.1. The van der Waals surface area contributed by atoms with Gasteiger partial charge in [0, 0.05) is 17.9 Å². The molecule has 3 N–H and O–H groups in total. The lowest BCUT2D eigenvalue weighted by atomic mass is 9.72. The predicted octanol–water partition coefficient (Wildman–Crippen LogP) is 3.48. The number of alkyl halides is 3. The Labute approximate surface area is 188 Å². The van der Waals surface area contributed by atoms with Gasteiger partial charge in [-0.15, -0.1) is 0 Å². The lowest BCUT2D eigenvalue weighted by Crippen LogP contribution is -2.63. The third-order valence-electron chi connectivity index (χ3n) is 5.27. The molecule has 1 aromatic heterocycles. The lowest BCUT2D eigenvalue weighted by molar-refractivity contribution is -0.0884. The first-order valence-corrected chi connectivity index (χ1v) is 10.8. The lowest BCUT2D eigenvalue weighted by Gasteiger charge is -2.50. The fourth-order valence-electron chi connectivity index (χ4n) is 3.62. The van der Waals surface area contributed by atoms with Crippen LogP contribution in [-0.4, -0.2) is 50.7 Å². The smallest absolute Gasteiger partial charge is 0.281 e. The van der Waals surface area contributed by atoms with Gasteiger partial charge in [-0.1, -0.05) is 24.4 Å². The minimum atomic E-state index is -2.79. The number of hydrogen-bond acceptors (Lipinski definition) is 7. The average Bonchev–Trinajstić information content (AvgIpc) is 2.74. The monoisotopic (exact) mass is 467 g/mol. The van der Waals surface area contributed by atoms with Crippen molar-refractivity contribution in [2.45, 2.75) is 44.0 Å². The number of fused-ring (bicyclic) bond motifs is 1. The van der Waals surface area contributed by atoms with Crippen LogP contribution in [0.15, 0.2) is 53.5 Å². The highest BCUT2D eigenvalue weighted by atomic mass is 32.2. The number of nitrogens with two attached hydrogens (primary N) is 1. The molecule has 2 aliphatic heterocycles. The summed E-state index contributed by atoms with van der Waals surface area (Å²) in [5.74, 6) is -0.560. The summed E-state index contributed by atoms with van der Waals surface area (Å²) in [5, 5.41) is 2.85. The second-order valence-electron chi connectivity index (χ2n) is 7.60. The molecule has 11 heteroatoms. The molecule has 0 aromatic carbocycles. The minimum Gasteiger partial charge on any atom is -0.379 e. The molecule has 172 valence electrons. The Balaban J connectivity index is 1.89. The number of thioether (sulfide) groups is 1. The van der Waals surface area contributed by atoms with Crippen molar-refractivity contribution in [2.24, 2.45) is 10.7 Å². The largest absolute Gasteiger partial charge is 0.379 e. The van der Waals surface area contributed by atoms with Gasteiger partial charge in [-0.25, -0.2) is 23.1 Å². The van der Waals surface area contributed by atoms with Crippen molar-refractivity contribution >= 4 is 22.8 Å². The van der Waals surface area contributed by atoms with Crippen molar-refractivity contribution in [1.82, 2.24) is 15.3 Å². The van der Waals surface area contributed by atoms with Crippen molar-refractivity contribution in [3.63, 3.8) is 0 Å². The molecule has 0 spiro atoms. The van der Waals surface area contributed by atoms with Gasteiger partial charge in [-0.3, -0.25) is 9.78 Å². The van der Waals surface area contributed by atoms with Crippen LogP contribution < -0.4 is 11.1 Å². The van der Waals surface area contributed by atoms with E-state index in [1.165, 1.54) is 6.08 Å². The number of aromatic nitrogens is 2. The highest BCUT2D eigenvalue weighted by Crippen LogP contribution is 2.48. The Morgan fingerprint density at radius 2 is 2.19 bits per heavy atom. The number of ether oxygens (including phenoxy) is 1. The van der Waals surface area contributed by atoms with Crippen LogP contribution in [0.5, 0.6) is 0 Å². The van der Waals surface area contributed by atoms with E-state index < -0.39 is 29.2 Å². The van der Waals surface area contributed by atoms with E-state index in [2.05, 4.69) is 26.9 Å². The molecule has 1 fully saturated rings. The third-order valence-corrected chi connectivity index (χ3v) is 6.26. The Hall–Kier alpha value is -2.66. The molecule has 0 bridgehead atoms. The molecule has 32 heavy (non-hydrogen) atoms. The second-order valence-corrected chi connectivity index (χ2v) is 8.59. The Kier molecular flexibility index (Phi) is 7.09. The summed E-state index contributed by atoms with van der Waals surface area (Å²) in [4.78, 5) is 24.2. The molecule has 1 aromatic rings. The molecule has 0 aliphatic carbocycles. The fourth-order valence-corrected chi connectivity index (χ4v) is 4.58. The maximum Gasteiger partial charge on any atom is 0.281 e. The molecule has 3 atom stereocenters. The molecule has 3 rings (SSSR count). The van der Waals surface area contributed by atoms with E-state index in [0.29, 0.717) is 0 Å². The first-order chi connectivity index (χ1) is 15.1. The number of carbonyl (C=O) groups is 1. The summed E-state index contributed by atoms with van der Waals surface area (Å²) in [6.07, 6.45) is 3.60. The number of amides is 1. The number of amidine groups is 1. The summed E-state index contributed by atoms with van der Waals surface area (Å²) in [6, 6.07) is 0. The molecule has 2 aliphatic rings. The van der Waals surface area contributed by atoms with Gasteiger partial charge in [0.15, 0.2) is 10.8 Å². The zero-order chi connectivity index (χ0) is 23.5. The molecule has 0 saturated carbocycles. The number of nitrogens with zero attached hydrogens (tertiary/aromatic N) is 3. The number of halogens is 3. The van der Waals surface area contributed by atoms with Crippen molar-refractivity contribution < 1.29 is 22.7 Å². The van der Waals surface area contributed by atoms with Gasteiger partial charge in [0.1, 0.15) is 16.9 Å². The molecule has 1 amide bonds. The first-order valence-electron chi connectivity index (χ1n) is 9.84. The number of rotatable bonds is 6. The predicted molar refractivity (Wildman–Crippen MR) is 117 cm³/mol. The van der Waals surface area contributed by atoms with Crippen molar-refractivity contribution in [2.75, 3.05) is 12.4 Å². The number of allylic oxidation sites excluding steroid dienone is 2. The Bertz CT molecular complexity index is 982. The highest BCUT2D eigenvalue weighted by molar-refractivity contribution is 8.13. The quantitative estimate of drug-likeness (QED) is 0.621. The van der Waals surface area contributed by atoms with E-state index in [0.717, 1.165) is 24.2 Å². The summed E-state index contributed by atoms with van der Waals surface area (Å²) in [7, 11) is 0. The topological polar surface area (TPSA) is 102 Å². The van der Waals surface area contributed by atoms with Crippen LogP contribution in [-0.2, 0) is 4.74 Å². The third kappa shape index (κ3) is 4.73. The van der Waals surface area contributed by atoms with Gasteiger partial charge in [-0.05, 0) is 31.6 Å². The van der Waals surface area contributed by atoms with Crippen LogP contribution in [0.25, 0.3) is 0 Å². The maximum atomic E-state index is 16.1. The van der Waals surface area contributed by atoms with Crippen LogP contribution in [0, 0.1) is 0 Å². The molecule has 3 heterocycles. The van der Waals surface area contributed by atoms with Gasteiger partial charge in [-0.2, -0.15) is 0 Å². The average molecular weight is 468 g/mol. The van der Waals surface area contributed by atoms with Crippen LogP contribution >= 0.6 is 11.8 Å². The number of hydrogen-bond donors (Lipinski definition) is 2. The standard InChI is InChI=1S/C21H24F3N5O2S/c1-4-5-14(28-18(30)16-9-26-15(8-27-16)17(22)23)6-12(2)21-10-31-13(3)7-20(21,24)11-32-19(25)29-21/h4-6,8-9,13,17H,2,7,10-11H2,1,3H3,(H2,25,29)(H,28,30)/b5-4-,14-6+/t13-,20+,21+/m0/s1. The van der Waals surface area contributed by atoms with Crippen LogP contribution in [0.3, 0.4) is 0 Å². The van der Waals surface area contributed by atoms with Gasteiger partial charge in [0.05, 0.1) is 25.1 Å². The van der Waals surface area contributed by atoms with E-state index >= 15 is 4.39 Å². The van der Waals surface area contributed by atoms with Crippen LogP contribution in [0.4, 0.5) is 13.2 Å². The van der Waals surface area contributed by atoms with Crippen molar-refractivity contribution in [1.29, 1.82) is 0 Å². The second kappa shape index (κ2) is 9.45. The highest BCUT2D eigenvalue weighted by Gasteiger charge is 2.59. The molecule has 1 saturated heterocycles. The zero-order valence-electron chi connectivity index (χ0n) is 17.6. The van der Waals surface area contributed by atoms with Crippen molar-refractivity contribution in [3.8, 4) is 0 Å². The van der Waals surface area contributed by atoms with E-state index in [-0.39, 0.29) is 47.0 Å². The van der Waals surface area contributed by atoms with Gasteiger partial charge < -0.3 is 15.8 Å². The first kappa shape index (κ1) is 24.0. The Morgan fingerprint density at radius 3 is 2.81 bits per heavy atom. The van der Waals surface area contributed by atoms with Crippen LogP contribution in [0.2, 0.25) is 0 Å². The number of carbonyl (C=O) groups excluding carboxylic acids is 1. The normalized spacial score (nSPS) is 28.4. The summed E-state index contributed by atoms with van der Waals surface area (Å²) in [6.45, 7) is 7.51. The van der Waals surface area contributed by atoms with Gasteiger partial charge >= 0.3 is 0 Å². The Morgan fingerprint density at radius 1 is 1.44 bits per heavy atom. The van der Waals surface area contributed by atoms with Crippen molar-refractivity contribution in [3.05, 3.63) is 59.9 Å². The van der Waals surface area contributed by atoms with Gasteiger partial charge in [0.2, 0.25) is 0 Å². The summed E-state index contributed by atoms with van der Waals surface area (Å²) < 4.78 is 47.1. The number of aliphatic imine (C=N–C) groups is 1. The molecule has 0 radical (unpaired) electrons. The minimum absolute atomic E-state index is 0.0428. The molecule has 0 unspecified atom stereocenters. The number of nitrogens with one attached hydrogen (secondary N) is 1. The SMILES string of the molecule is C=C(/C=C(\C=C/C)NC(=O)c1cnc(C(F)F)cn1)[C@]12CO[C@@H](C)C[C@@]1(F)CSC(N)=N2. The van der Waals surface area contributed by atoms with E-state index in [4.69, 9.17) is 10.5 Å². The molecular weight excluding hydrogens is 443 g/mol. The molecule has 7 nitrogen and oxygen atoms in total. The van der Waals surface area contributed by atoms with E-state index in [1.807, 2.05) is 0 Å². The van der Waals surface area contributed by atoms with Crippen LogP contribution in [0.1, 0.15) is 42.9 Å². The summed E-state index contributed by atoms with van der Waals surface area (Å²) in [5.41, 5.74) is 2.64. The fraction of sp³-hybridized carbons (Fsp3) is 0.429.